The Morgan fingerprint density at radius 2 is 2.04 bits per heavy atom. The van der Waals surface area contributed by atoms with Crippen molar-refractivity contribution in [2.24, 2.45) is 0 Å². The lowest BCUT2D eigenvalue weighted by molar-refractivity contribution is 0.555. The van der Waals surface area contributed by atoms with Crippen molar-refractivity contribution in [3.63, 3.8) is 0 Å². The van der Waals surface area contributed by atoms with E-state index in [-0.39, 0.29) is 6.04 Å². The van der Waals surface area contributed by atoms with Crippen molar-refractivity contribution < 1.29 is 8.42 Å². The number of hydrogen-bond acceptors (Lipinski definition) is 6. The predicted octanol–water partition coefficient (Wildman–Crippen LogP) is 4.93. The second-order valence-electron chi connectivity index (χ2n) is 5.21. The van der Waals surface area contributed by atoms with Gasteiger partial charge in [-0.15, -0.1) is 34.0 Å². The molecule has 0 spiro atoms. The first kappa shape index (κ1) is 17.8. The Kier molecular flexibility index (Phi) is 5.51. The maximum absolute atomic E-state index is 12.7. The van der Waals surface area contributed by atoms with Gasteiger partial charge in [0.25, 0.3) is 10.0 Å². The molecular weight excluding hydrogens is 380 g/mol. The van der Waals surface area contributed by atoms with E-state index < -0.39 is 10.0 Å². The molecule has 8 heteroatoms. The molecule has 1 N–H and O–H groups in total. The van der Waals surface area contributed by atoms with Gasteiger partial charge in [-0.25, -0.2) is 18.1 Å². The number of thiophene rings is 2. The Hall–Kier alpha value is -1.06. The van der Waals surface area contributed by atoms with Gasteiger partial charge in [0.05, 0.1) is 16.6 Å². The maximum atomic E-state index is 12.7. The van der Waals surface area contributed by atoms with Crippen molar-refractivity contribution in [1.82, 2.24) is 9.71 Å². The van der Waals surface area contributed by atoms with E-state index in [0.29, 0.717) is 10.6 Å². The minimum absolute atomic E-state index is 0.188. The zero-order valence-electron chi connectivity index (χ0n) is 13.4. The van der Waals surface area contributed by atoms with Crippen molar-refractivity contribution in [3.8, 4) is 9.88 Å². The van der Waals surface area contributed by atoms with Crippen LogP contribution in [-0.2, 0) is 16.4 Å². The number of nitrogens with one attached hydrogen (secondary N) is 1. The van der Waals surface area contributed by atoms with Crippen LogP contribution in [0.2, 0.25) is 0 Å². The Morgan fingerprint density at radius 1 is 1.21 bits per heavy atom. The summed E-state index contributed by atoms with van der Waals surface area (Å²) in [6.45, 7) is 4.04. The number of rotatable bonds is 7. The fourth-order valence-electron chi connectivity index (χ4n) is 2.24. The highest BCUT2D eigenvalue weighted by molar-refractivity contribution is 7.91. The van der Waals surface area contributed by atoms with Crippen LogP contribution in [-0.4, -0.2) is 13.4 Å². The fraction of sp³-hybridized carbons (Fsp3) is 0.312. The monoisotopic (exact) mass is 398 g/mol. The van der Waals surface area contributed by atoms with E-state index in [4.69, 9.17) is 0 Å². The van der Waals surface area contributed by atoms with Crippen LogP contribution in [0, 0.1) is 0 Å². The lowest BCUT2D eigenvalue weighted by atomic mass is 10.2. The summed E-state index contributed by atoms with van der Waals surface area (Å²) in [7, 11) is -3.53. The van der Waals surface area contributed by atoms with E-state index in [0.717, 1.165) is 26.9 Å². The van der Waals surface area contributed by atoms with Crippen molar-refractivity contribution in [3.05, 3.63) is 45.6 Å². The molecule has 0 aliphatic heterocycles. The van der Waals surface area contributed by atoms with Gasteiger partial charge in [-0.3, -0.25) is 0 Å². The molecule has 0 bridgehead atoms. The van der Waals surface area contributed by atoms with E-state index in [1.165, 1.54) is 11.3 Å². The molecule has 0 amide bonds. The summed E-state index contributed by atoms with van der Waals surface area (Å²) in [6, 6.07) is 7.21. The standard InChI is InChI=1S/C16H18N2O2S4/c1-3-11-10-22-16(17-11)14-7-8-15(23-14)24(19,20)18-12(4-2)13-6-5-9-21-13/h5-10,12,18H,3-4H2,1-2H3. The van der Waals surface area contributed by atoms with Gasteiger partial charge in [-0.05, 0) is 36.4 Å². The minimum atomic E-state index is -3.53. The highest BCUT2D eigenvalue weighted by Gasteiger charge is 2.23. The van der Waals surface area contributed by atoms with Gasteiger partial charge < -0.3 is 0 Å². The number of nitrogens with zero attached hydrogens (tertiary/aromatic N) is 1. The van der Waals surface area contributed by atoms with Crippen molar-refractivity contribution in [1.29, 1.82) is 0 Å². The van der Waals surface area contributed by atoms with Gasteiger partial charge in [-0.1, -0.05) is 19.9 Å². The van der Waals surface area contributed by atoms with Crippen LogP contribution in [0.4, 0.5) is 0 Å². The van der Waals surface area contributed by atoms with Crippen molar-refractivity contribution in [2.75, 3.05) is 0 Å². The van der Waals surface area contributed by atoms with E-state index in [1.807, 2.05) is 35.9 Å². The lowest BCUT2D eigenvalue weighted by Crippen LogP contribution is -2.27. The molecule has 3 aromatic rings. The summed E-state index contributed by atoms with van der Waals surface area (Å²) in [6.07, 6.45) is 1.60. The molecular formula is C16H18N2O2S4. The van der Waals surface area contributed by atoms with Gasteiger partial charge in [0.15, 0.2) is 0 Å². The van der Waals surface area contributed by atoms with Crippen LogP contribution in [0.15, 0.2) is 39.2 Å². The van der Waals surface area contributed by atoms with E-state index in [1.54, 1.807) is 28.7 Å². The smallest absolute Gasteiger partial charge is 0.240 e. The van der Waals surface area contributed by atoms with Gasteiger partial charge in [0, 0.05) is 10.3 Å². The molecule has 0 fully saturated rings. The molecule has 0 saturated heterocycles. The average molecular weight is 399 g/mol. The first-order chi connectivity index (χ1) is 11.5. The number of sulfonamides is 1. The Morgan fingerprint density at radius 3 is 2.67 bits per heavy atom. The van der Waals surface area contributed by atoms with Crippen LogP contribution >= 0.6 is 34.0 Å². The largest absolute Gasteiger partial charge is 0.250 e. The Labute approximate surface area is 154 Å². The third-order valence-electron chi connectivity index (χ3n) is 3.56. The molecule has 0 aliphatic rings. The molecule has 24 heavy (non-hydrogen) atoms. The molecule has 0 aromatic carbocycles. The normalized spacial score (nSPS) is 13.2. The molecule has 3 aromatic heterocycles. The third-order valence-corrected chi connectivity index (χ3v) is 8.66. The van der Waals surface area contributed by atoms with Crippen LogP contribution in [0.3, 0.4) is 0 Å². The first-order valence-electron chi connectivity index (χ1n) is 7.63. The number of hydrogen-bond donors (Lipinski definition) is 1. The predicted molar refractivity (Wildman–Crippen MR) is 102 cm³/mol. The second kappa shape index (κ2) is 7.45. The van der Waals surface area contributed by atoms with E-state index in [9.17, 15) is 8.42 Å². The topological polar surface area (TPSA) is 59.1 Å². The summed E-state index contributed by atoms with van der Waals surface area (Å²) >= 11 is 4.39. The second-order valence-corrected chi connectivity index (χ2v) is 10.1. The lowest BCUT2D eigenvalue weighted by Gasteiger charge is -2.14. The van der Waals surface area contributed by atoms with E-state index in [2.05, 4.69) is 16.6 Å². The highest BCUT2D eigenvalue weighted by atomic mass is 32.2. The molecule has 3 heterocycles. The number of thiazole rings is 1. The summed E-state index contributed by atoms with van der Waals surface area (Å²) in [4.78, 5) is 6.45. The summed E-state index contributed by atoms with van der Waals surface area (Å²) in [5.74, 6) is 0. The molecule has 3 rings (SSSR count). The molecule has 0 saturated carbocycles. The zero-order chi connectivity index (χ0) is 17.2. The van der Waals surface area contributed by atoms with Crippen molar-refractivity contribution in [2.45, 2.75) is 36.9 Å². The quantitative estimate of drug-likeness (QED) is 0.614. The first-order valence-corrected chi connectivity index (χ1v) is 11.7. The number of aryl methyl sites for hydroxylation is 1. The van der Waals surface area contributed by atoms with Gasteiger partial charge >= 0.3 is 0 Å². The van der Waals surface area contributed by atoms with E-state index >= 15 is 0 Å². The zero-order valence-corrected chi connectivity index (χ0v) is 16.6. The molecule has 128 valence electrons. The molecule has 1 atom stereocenters. The molecule has 0 radical (unpaired) electrons. The average Bonchev–Trinajstić information content (AvgIpc) is 3.33. The summed E-state index contributed by atoms with van der Waals surface area (Å²) < 4.78 is 28.5. The minimum Gasteiger partial charge on any atom is -0.240 e. The van der Waals surface area contributed by atoms with Crippen LogP contribution in [0.25, 0.3) is 9.88 Å². The van der Waals surface area contributed by atoms with Gasteiger partial charge in [0.1, 0.15) is 9.22 Å². The SMILES string of the molecule is CCc1csc(-c2ccc(S(=O)(=O)NC(CC)c3cccs3)s2)n1. The summed E-state index contributed by atoms with van der Waals surface area (Å²) in [5.41, 5.74) is 1.04. The maximum Gasteiger partial charge on any atom is 0.250 e. The van der Waals surface area contributed by atoms with Crippen molar-refractivity contribution >= 4 is 44.0 Å². The van der Waals surface area contributed by atoms with Crippen LogP contribution in [0.5, 0.6) is 0 Å². The van der Waals surface area contributed by atoms with Crippen LogP contribution in [0.1, 0.15) is 36.9 Å². The summed E-state index contributed by atoms with van der Waals surface area (Å²) in [5, 5.41) is 4.86. The van der Waals surface area contributed by atoms with Gasteiger partial charge in [0.2, 0.25) is 0 Å². The Bertz CT molecular complexity index is 894. The number of aromatic nitrogens is 1. The Balaban J connectivity index is 1.82. The molecule has 0 aliphatic carbocycles. The highest BCUT2D eigenvalue weighted by Crippen LogP contribution is 2.34. The fourth-order valence-corrected chi connectivity index (χ4v) is 6.77. The molecule has 1 unspecified atom stereocenters. The van der Waals surface area contributed by atoms with Gasteiger partial charge in [-0.2, -0.15) is 0 Å². The third kappa shape index (κ3) is 3.78. The van der Waals surface area contributed by atoms with Crippen LogP contribution < -0.4 is 4.72 Å². The molecule has 4 nitrogen and oxygen atoms in total.